The molecule has 6 N–H and O–H groups in total. The number of rotatable bonds is 6. The van der Waals surface area contributed by atoms with Crippen LogP contribution in [0.1, 0.15) is 0 Å². The molecule has 0 saturated heterocycles. The number of nitrogens with one attached hydrogen (secondary N) is 1. The van der Waals surface area contributed by atoms with Crippen LogP contribution in [-0.2, 0) is 18.7 Å². The third-order valence-electron chi connectivity index (χ3n) is 1.20. The van der Waals surface area contributed by atoms with Gasteiger partial charge in [0.05, 0.1) is 0 Å². The molecule has 0 aliphatic heterocycles. The highest BCUT2D eigenvalue weighted by Gasteiger charge is 2.17. The Labute approximate surface area is 84.5 Å². The molecular formula is C5H11N2O7P. The van der Waals surface area contributed by atoms with Crippen molar-refractivity contribution in [2.45, 2.75) is 6.04 Å². The van der Waals surface area contributed by atoms with Crippen LogP contribution in [-0.4, -0.2) is 46.0 Å². The highest BCUT2D eigenvalue weighted by molar-refractivity contribution is 7.46. The molecule has 0 aliphatic carbocycles. The fraction of sp³-hybridized carbons (Fsp3) is 0.600. The first-order valence-corrected chi connectivity index (χ1v) is 5.20. The molecule has 0 fully saturated rings. The van der Waals surface area contributed by atoms with Crippen LogP contribution in [0.5, 0.6) is 0 Å². The number of carboxylic acid groups (broad SMARTS) is 1. The minimum absolute atomic E-state index is 0.349. The van der Waals surface area contributed by atoms with Gasteiger partial charge in [0, 0.05) is 6.54 Å². The molecule has 15 heavy (non-hydrogen) atoms. The van der Waals surface area contributed by atoms with E-state index < -0.39 is 32.3 Å². The summed E-state index contributed by atoms with van der Waals surface area (Å²) in [4.78, 5) is 37.4. The number of carboxylic acids is 1. The van der Waals surface area contributed by atoms with Gasteiger partial charge in [0.1, 0.15) is 12.6 Å². The second kappa shape index (κ2) is 5.79. The molecule has 1 amide bonds. The van der Waals surface area contributed by atoms with E-state index in [4.69, 9.17) is 20.6 Å². The van der Waals surface area contributed by atoms with Gasteiger partial charge in [-0.05, 0) is 0 Å². The SMILES string of the molecule is N[C@@H](CNC(=O)COP(=O)(O)O)C(=O)O. The van der Waals surface area contributed by atoms with Crippen LogP contribution in [0, 0.1) is 0 Å². The van der Waals surface area contributed by atoms with Gasteiger partial charge in [-0.3, -0.25) is 14.1 Å². The maximum Gasteiger partial charge on any atom is 0.470 e. The average Bonchev–Trinajstić information content (AvgIpc) is 2.09. The van der Waals surface area contributed by atoms with Crippen LogP contribution in [0.3, 0.4) is 0 Å². The molecule has 0 aromatic heterocycles. The van der Waals surface area contributed by atoms with E-state index in [-0.39, 0.29) is 6.54 Å². The van der Waals surface area contributed by atoms with Crippen molar-refractivity contribution < 1.29 is 33.6 Å². The average molecular weight is 242 g/mol. The Morgan fingerprint density at radius 2 is 2.00 bits per heavy atom. The lowest BCUT2D eigenvalue weighted by atomic mass is 10.3. The minimum Gasteiger partial charge on any atom is -0.480 e. The minimum atomic E-state index is -4.69. The van der Waals surface area contributed by atoms with Gasteiger partial charge in [-0.15, -0.1) is 0 Å². The number of carbonyl (C=O) groups is 2. The van der Waals surface area contributed by atoms with Crippen molar-refractivity contribution in [2.75, 3.05) is 13.2 Å². The summed E-state index contributed by atoms with van der Waals surface area (Å²) < 4.78 is 14.0. The van der Waals surface area contributed by atoms with Crippen molar-refractivity contribution in [2.24, 2.45) is 5.73 Å². The molecule has 0 aromatic rings. The van der Waals surface area contributed by atoms with Crippen molar-refractivity contribution in [3.05, 3.63) is 0 Å². The maximum atomic E-state index is 10.8. The van der Waals surface area contributed by atoms with E-state index in [1.54, 1.807) is 0 Å². The molecule has 0 rings (SSSR count). The summed E-state index contributed by atoms with van der Waals surface area (Å²) in [5.74, 6) is -2.17. The normalized spacial score (nSPS) is 13.3. The molecule has 0 bridgehead atoms. The van der Waals surface area contributed by atoms with Crippen LogP contribution >= 0.6 is 7.82 Å². The van der Waals surface area contributed by atoms with Crippen molar-refractivity contribution in [3.63, 3.8) is 0 Å². The molecular weight excluding hydrogens is 231 g/mol. The molecule has 0 aliphatic rings. The first kappa shape index (κ1) is 14.0. The van der Waals surface area contributed by atoms with Crippen LogP contribution in [0.25, 0.3) is 0 Å². The van der Waals surface area contributed by atoms with E-state index >= 15 is 0 Å². The summed E-state index contributed by atoms with van der Waals surface area (Å²) in [6, 6.07) is -1.27. The lowest BCUT2D eigenvalue weighted by Gasteiger charge is -2.08. The number of nitrogens with two attached hydrogens (primary N) is 1. The topological polar surface area (TPSA) is 159 Å². The molecule has 10 heteroatoms. The maximum absolute atomic E-state index is 10.8. The second-order valence-electron chi connectivity index (χ2n) is 2.51. The van der Waals surface area contributed by atoms with Gasteiger partial charge in [-0.2, -0.15) is 0 Å². The number of phosphoric ester groups is 1. The smallest absolute Gasteiger partial charge is 0.470 e. The first-order valence-electron chi connectivity index (χ1n) is 3.67. The number of phosphoric acid groups is 1. The number of hydrogen-bond acceptors (Lipinski definition) is 5. The van der Waals surface area contributed by atoms with Crippen molar-refractivity contribution >= 4 is 19.7 Å². The molecule has 0 heterocycles. The van der Waals surface area contributed by atoms with Crippen molar-refractivity contribution in [1.29, 1.82) is 0 Å². The van der Waals surface area contributed by atoms with E-state index in [0.717, 1.165) is 0 Å². The zero-order chi connectivity index (χ0) is 12.1. The molecule has 9 nitrogen and oxygen atoms in total. The summed E-state index contributed by atoms with van der Waals surface area (Å²) in [6.07, 6.45) is 0. The number of amides is 1. The van der Waals surface area contributed by atoms with Crippen LogP contribution in [0.2, 0.25) is 0 Å². The van der Waals surface area contributed by atoms with Gasteiger partial charge >= 0.3 is 13.8 Å². The highest BCUT2D eigenvalue weighted by Crippen LogP contribution is 2.35. The summed E-state index contributed by atoms with van der Waals surface area (Å²) in [6.45, 7) is -1.21. The van der Waals surface area contributed by atoms with Gasteiger partial charge in [-0.25, -0.2) is 4.57 Å². The Kier molecular flexibility index (Phi) is 5.40. The third kappa shape index (κ3) is 8.03. The van der Waals surface area contributed by atoms with E-state index in [2.05, 4.69) is 4.52 Å². The largest absolute Gasteiger partial charge is 0.480 e. The Bertz CT molecular complexity index is 287. The van der Waals surface area contributed by atoms with Gasteiger partial charge < -0.3 is 25.9 Å². The van der Waals surface area contributed by atoms with Crippen LogP contribution in [0.15, 0.2) is 0 Å². The molecule has 0 unspecified atom stereocenters. The molecule has 0 radical (unpaired) electrons. The molecule has 0 spiro atoms. The molecule has 0 aromatic carbocycles. The molecule has 88 valence electrons. The lowest BCUT2D eigenvalue weighted by molar-refractivity contribution is -0.138. The Hall–Kier alpha value is -0.990. The zero-order valence-electron chi connectivity index (χ0n) is 7.49. The lowest BCUT2D eigenvalue weighted by Crippen LogP contribution is -2.43. The van der Waals surface area contributed by atoms with Gasteiger partial charge in [0.15, 0.2) is 0 Å². The van der Waals surface area contributed by atoms with Gasteiger partial charge in [0.25, 0.3) is 0 Å². The fourth-order valence-electron chi connectivity index (χ4n) is 0.505. The number of hydrogen-bond donors (Lipinski definition) is 5. The number of carbonyl (C=O) groups excluding carboxylic acids is 1. The van der Waals surface area contributed by atoms with Gasteiger partial charge in [-0.1, -0.05) is 0 Å². The van der Waals surface area contributed by atoms with E-state index in [0.29, 0.717) is 0 Å². The quantitative estimate of drug-likeness (QED) is 0.323. The van der Waals surface area contributed by atoms with E-state index in [9.17, 15) is 14.2 Å². The third-order valence-corrected chi connectivity index (χ3v) is 1.67. The van der Waals surface area contributed by atoms with Gasteiger partial charge in [0.2, 0.25) is 5.91 Å². The van der Waals surface area contributed by atoms with E-state index in [1.807, 2.05) is 5.32 Å². The number of aliphatic carboxylic acids is 1. The van der Waals surface area contributed by atoms with Crippen LogP contribution in [0.4, 0.5) is 0 Å². The van der Waals surface area contributed by atoms with E-state index in [1.165, 1.54) is 0 Å². The Morgan fingerprint density at radius 3 is 2.40 bits per heavy atom. The molecule has 1 atom stereocenters. The Morgan fingerprint density at radius 1 is 1.47 bits per heavy atom. The monoisotopic (exact) mass is 242 g/mol. The zero-order valence-corrected chi connectivity index (χ0v) is 8.39. The fourth-order valence-corrected chi connectivity index (χ4v) is 0.790. The predicted octanol–water partition coefficient (Wildman–Crippen LogP) is -2.38. The Balaban J connectivity index is 3.77. The summed E-state index contributed by atoms with van der Waals surface area (Å²) in [7, 11) is -4.69. The predicted molar refractivity (Wildman–Crippen MR) is 46.6 cm³/mol. The standard InChI is InChI=1S/C5H11N2O7P/c6-3(5(9)10)1-7-4(8)2-14-15(11,12)13/h3H,1-2,6H2,(H,7,8)(H,9,10)(H2,11,12,13)/t3-/m0/s1. The van der Waals surface area contributed by atoms with Crippen molar-refractivity contribution in [1.82, 2.24) is 5.32 Å². The molecule has 0 saturated carbocycles. The van der Waals surface area contributed by atoms with Crippen LogP contribution < -0.4 is 11.1 Å². The van der Waals surface area contributed by atoms with Crippen molar-refractivity contribution in [3.8, 4) is 0 Å². The summed E-state index contributed by atoms with van der Waals surface area (Å²) in [5, 5.41) is 10.3. The summed E-state index contributed by atoms with van der Waals surface area (Å²) in [5.41, 5.74) is 5.04. The summed E-state index contributed by atoms with van der Waals surface area (Å²) >= 11 is 0. The first-order chi connectivity index (χ1) is 6.72. The second-order valence-corrected chi connectivity index (χ2v) is 3.75. The highest BCUT2D eigenvalue weighted by atomic mass is 31.2.